The highest BCUT2D eigenvalue weighted by atomic mass is 16.6. The van der Waals surface area contributed by atoms with Gasteiger partial charge in [0.25, 0.3) is 5.69 Å². The minimum atomic E-state index is -0.919. The molecule has 0 radical (unpaired) electrons. The van der Waals surface area contributed by atoms with Crippen LogP contribution in [0.2, 0.25) is 0 Å². The molecule has 6 heteroatoms. The lowest BCUT2D eigenvalue weighted by Gasteiger charge is -2.11. The van der Waals surface area contributed by atoms with Crippen molar-refractivity contribution in [1.29, 1.82) is 0 Å². The second-order valence-electron chi connectivity index (χ2n) is 3.61. The molecule has 0 aromatic heterocycles. The SMILES string of the molecule is CCC(NCc1cccc([N+](=O)[O-])c1)C(=O)O. The molecular weight excluding hydrogens is 224 g/mol. The number of nitro benzene ring substituents is 1. The molecule has 17 heavy (non-hydrogen) atoms. The Kier molecular flexibility index (Phi) is 4.59. The first-order valence-electron chi connectivity index (χ1n) is 5.24. The van der Waals surface area contributed by atoms with Crippen molar-refractivity contribution in [2.75, 3.05) is 0 Å². The van der Waals surface area contributed by atoms with E-state index in [9.17, 15) is 14.9 Å². The molecule has 0 aliphatic carbocycles. The third kappa shape index (κ3) is 3.84. The zero-order valence-corrected chi connectivity index (χ0v) is 9.42. The van der Waals surface area contributed by atoms with Crippen LogP contribution in [0.1, 0.15) is 18.9 Å². The van der Waals surface area contributed by atoms with E-state index in [0.717, 1.165) is 0 Å². The summed E-state index contributed by atoms with van der Waals surface area (Å²) in [7, 11) is 0. The highest BCUT2D eigenvalue weighted by molar-refractivity contribution is 5.73. The number of hydrogen-bond donors (Lipinski definition) is 2. The van der Waals surface area contributed by atoms with Crippen LogP contribution in [0.4, 0.5) is 5.69 Å². The minimum absolute atomic E-state index is 0.00711. The van der Waals surface area contributed by atoms with Crippen LogP contribution in [0, 0.1) is 10.1 Å². The van der Waals surface area contributed by atoms with Crippen LogP contribution in [-0.2, 0) is 11.3 Å². The Morgan fingerprint density at radius 1 is 1.59 bits per heavy atom. The Morgan fingerprint density at radius 3 is 2.82 bits per heavy atom. The van der Waals surface area contributed by atoms with Crippen LogP contribution >= 0.6 is 0 Å². The number of nitro groups is 1. The molecule has 1 aromatic carbocycles. The minimum Gasteiger partial charge on any atom is -0.480 e. The zero-order valence-electron chi connectivity index (χ0n) is 9.42. The van der Waals surface area contributed by atoms with Gasteiger partial charge in [-0.2, -0.15) is 0 Å². The lowest BCUT2D eigenvalue weighted by molar-refractivity contribution is -0.384. The molecule has 0 saturated carbocycles. The standard InChI is InChI=1S/C11H14N2O4/c1-2-10(11(14)15)12-7-8-4-3-5-9(6-8)13(16)17/h3-6,10,12H,2,7H2,1H3,(H,14,15). The number of carbonyl (C=O) groups is 1. The van der Waals surface area contributed by atoms with Crippen LogP contribution in [0.3, 0.4) is 0 Å². The molecule has 1 unspecified atom stereocenters. The number of benzene rings is 1. The Hall–Kier alpha value is -1.95. The van der Waals surface area contributed by atoms with Crippen molar-refractivity contribution in [3.05, 3.63) is 39.9 Å². The highest BCUT2D eigenvalue weighted by Crippen LogP contribution is 2.13. The number of aliphatic carboxylic acids is 1. The number of carboxylic acid groups (broad SMARTS) is 1. The molecule has 2 N–H and O–H groups in total. The highest BCUT2D eigenvalue weighted by Gasteiger charge is 2.14. The average molecular weight is 238 g/mol. The molecule has 1 atom stereocenters. The van der Waals surface area contributed by atoms with Crippen molar-refractivity contribution in [2.45, 2.75) is 25.9 Å². The Balaban J connectivity index is 2.66. The number of non-ortho nitro benzene ring substituents is 1. The van der Waals surface area contributed by atoms with Gasteiger partial charge in [-0.15, -0.1) is 0 Å². The molecule has 0 fully saturated rings. The van der Waals surface area contributed by atoms with Crippen molar-refractivity contribution in [3.8, 4) is 0 Å². The molecular formula is C11H14N2O4. The van der Waals surface area contributed by atoms with Gasteiger partial charge in [0.15, 0.2) is 0 Å². The van der Waals surface area contributed by atoms with Gasteiger partial charge >= 0.3 is 5.97 Å². The fourth-order valence-corrected chi connectivity index (χ4v) is 1.43. The first kappa shape index (κ1) is 13.1. The first-order chi connectivity index (χ1) is 8.04. The Morgan fingerprint density at radius 2 is 2.29 bits per heavy atom. The quantitative estimate of drug-likeness (QED) is 0.579. The number of nitrogens with zero attached hydrogens (tertiary/aromatic N) is 1. The summed E-state index contributed by atoms with van der Waals surface area (Å²) in [6.07, 6.45) is 0.463. The number of rotatable bonds is 6. The normalized spacial score (nSPS) is 12.1. The van der Waals surface area contributed by atoms with E-state index < -0.39 is 16.9 Å². The third-order valence-corrected chi connectivity index (χ3v) is 2.38. The predicted molar refractivity (Wildman–Crippen MR) is 61.7 cm³/mol. The van der Waals surface area contributed by atoms with Gasteiger partial charge in [-0.25, -0.2) is 0 Å². The topological polar surface area (TPSA) is 92.5 Å². The molecule has 6 nitrogen and oxygen atoms in total. The maximum Gasteiger partial charge on any atom is 0.320 e. The Bertz CT molecular complexity index is 420. The van der Waals surface area contributed by atoms with E-state index in [2.05, 4.69) is 5.32 Å². The molecule has 1 rings (SSSR count). The molecule has 0 heterocycles. The van der Waals surface area contributed by atoms with E-state index in [0.29, 0.717) is 18.5 Å². The van der Waals surface area contributed by atoms with Gasteiger partial charge in [-0.05, 0) is 12.0 Å². The number of nitrogens with one attached hydrogen (secondary N) is 1. The monoisotopic (exact) mass is 238 g/mol. The fraction of sp³-hybridized carbons (Fsp3) is 0.364. The van der Waals surface area contributed by atoms with Gasteiger partial charge in [0.05, 0.1) is 4.92 Å². The third-order valence-electron chi connectivity index (χ3n) is 2.38. The van der Waals surface area contributed by atoms with Crippen molar-refractivity contribution >= 4 is 11.7 Å². The summed E-state index contributed by atoms with van der Waals surface area (Å²) in [6, 6.07) is 5.50. The predicted octanol–water partition coefficient (Wildman–Crippen LogP) is 1.55. The second-order valence-corrected chi connectivity index (χ2v) is 3.61. The van der Waals surface area contributed by atoms with E-state index in [-0.39, 0.29) is 5.69 Å². The second kappa shape index (κ2) is 5.95. The summed E-state index contributed by atoms with van der Waals surface area (Å²) in [4.78, 5) is 20.8. The van der Waals surface area contributed by atoms with E-state index in [4.69, 9.17) is 5.11 Å². The van der Waals surface area contributed by atoms with Crippen molar-refractivity contribution < 1.29 is 14.8 Å². The Labute approximate surface area is 98.4 Å². The molecule has 0 bridgehead atoms. The maximum absolute atomic E-state index is 10.8. The van der Waals surface area contributed by atoms with E-state index in [1.165, 1.54) is 12.1 Å². The van der Waals surface area contributed by atoms with Gasteiger partial charge in [0, 0.05) is 18.7 Å². The van der Waals surface area contributed by atoms with Gasteiger partial charge in [0.1, 0.15) is 6.04 Å². The molecule has 0 saturated heterocycles. The van der Waals surface area contributed by atoms with Crippen molar-refractivity contribution in [3.63, 3.8) is 0 Å². The van der Waals surface area contributed by atoms with E-state index >= 15 is 0 Å². The van der Waals surface area contributed by atoms with E-state index in [1.54, 1.807) is 19.1 Å². The summed E-state index contributed by atoms with van der Waals surface area (Å²) in [5.41, 5.74) is 0.701. The summed E-state index contributed by atoms with van der Waals surface area (Å²) in [5, 5.41) is 22.2. The van der Waals surface area contributed by atoms with Crippen LogP contribution in [0.5, 0.6) is 0 Å². The molecule has 92 valence electrons. The lowest BCUT2D eigenvalue weighted by atomic mass is 10.1. The van der Waals surface area contributed by atoms with E-state index in [1.807, 2.05) is 0 Å². The maximum atomic E-state index is 10.8. The molecule has 0 aliphatic rings. The fourth-order valence-electron chi connectivity index (χ4n) is 1.43. The first-order valence-corrected chi connectivity index (χ1v) is 5.24. The van der Waals surface area contributed by atoms with Crippen LogP contribution < -0.4 is 5.32 Å². The lowest BCUT2D eigenvalue weighted by Crippen LogP contribution is -2.35. The molecule has 0 spiro atoms. The summed E-state index contributed by atoms with van der Waals surface area (Å²) in [5.74, 6) is -0.919. The molecule has 0 aliphatic heterocycles. The van der Waals surface area contributed by atoms with Crippen LogP contribution in [0.25, 0.3) is 0 Å². The summed E-state index contributed by atoms with van der Waals surface area (Å²) >= 11 is 0. The van der Waals surface area contributed by atoms with Crippen LogP contribution in [-0.4, -0.2) is 22.0 Å². The summed E-state index contributed by atoms with van der Waals surface area (Å²) < 4.78 is 0. The number of hydrogen-bond acceptors (Lipinski definition) is 4. The largest absolute Gasteiger partial charge is 0.480 e. The smallest absolute Gasteiger partial charge is 0.320 e. The van der Waals surface area contributed by atoms with Gasteiger partial charge in [0.2, 0.25) is 0 Å². The van der Waals surface area contributed by atoms with Crippen molar-refractivity contribution in [2.24, 2.45) is 0 Å². The molecule has 1 aromatic rings. The average Bonchev–Trinajstić information content (AvgIpc) is 2.29. The van der Waals surface area contributed by atoms with Gasteiger partial charge in [-0.3, -0.25) is 14.9 Å². The van der Waals surface area contributed by atoms with Gasteiger partial charge < -0.3 is 10.4 Å². The number of carboxylic acids is 1. The van der Waals surface area contributed by atoms with Crippen LogP contribution in [0.15, 0.2) is 24.3 Å². The van der Waals surface area contributed by atoms with Gasteiger partial charge in [-0.1, -0.05) is 19.1 Å². The van der Waals surface area contributed by atoms with Crippen molar-refractivity contribution in [1.82, 2.24) is 5.32 Å². The molecule has 0 amide bonds. The summed E-state index contributed by atoms with van der Waals surface area (Å²) in [6.45, 7) is 2.06. The zero-order chi connectivity index (χ0) is 12.8.